The van der Waals surface area contributed by atoms with Gasteiger partial charge in [0.25, 0.3) is 0 Å². The number of rotatable bonds is 12. The molecule has 2 bridgehead atoms. The van der Waals surface area contributed by atoms with Gasteiger partial charge >= 0.3 is 0 Å². The molecule has 1 unspecified atom stereocenters. The molecule has 0 aliphatic heterocycles. The molecule has 2 nitrogen and oxygen atoms in total. The Balaban J connectivity index is 1.44. The van der Waals surface area contributed by atoms with Gasteiger partial charge in [-0.05, 0) is 70.6 Å². The van der Waals surface area contributed by atoms with Crippen molar-refractivity contribution < 1.29 is 9.22 Å². The first kappa shape index (κ1) is 18.0. The van der Waals surface area contributed by atoms with Crippen molar-refractivity contribution in [3.63, 3.8) is 0 Å². The average Bonchev–Trinajstić information content (AvgIpc) is 3.17. The third-order valence-electron chi connectivity index (χ3n) is 6.43. The van der Waals surface area contributed by atoms with Crippen molar-refractivity contribution in [1.82, 2.24) is 0 Å². The topological polar surface area (TPSA) is 9.23 Å². The van der Waals surface area contributed by atoms with E-state index in [2.05, 4.69) is 32.9 Å². The average molecular weight is 309 g/mol. The van der Waals surface area contributed by atoms with Crippen LogP contribution < -0.4 is 0 Å². The smallest absolute Gasteiger partial charge is 0.0786 e. The molecule has 0 N–H and O–H groups in total. The summed E-state index contributed by atoms with van der Waals surface area (Å²) in [5.74, 6) is 2.55. The molecule has 0 heterocycles. The zero-order valence-electron chi connectivity index (χ0n) is 15.2. The summed E-state index contributed by atoms with van der Waals surface area (Å²) < 4.78 is 7.24. The summed E-state index contributed by atoms with van der Waals surface area (Å²) in [6.07, 6.45) is 13.0. The summed E-state index contributed by atoms with van der Waals surface area (Å²) >= 11 is 0. The molecule has 1 saturated carbocycles. The molecule has 2 aliphatic rings. The van der Waals surface area contributed by atoms with Crippen LogP contribution in [0.25, 0.3) is 0 Å². The van der Waals surface area contributed by atoms with E-state index < -0.39 is 0 Å². The van der Waals surface area contributed by atoms with E-state index >= 15 is 0 Å². The second kappa shape index (κ2) is 9.08. The van der Waals surface area contributed by atoms with E-state index in [0.717, 1.165) is 31.0 Å². The summed E-state index contributed by atoms with van der Waals surface area (Å²) in [5.41, 5.74) is 0. The Morgan fingerprint density at radius 2 is 1.64 bits per heavy atom. The van der Waals surface area contributed by atoms with E-state index in [1.807, 2.05) is 0 Å². The third kappa shape index (κ3) is 4.83. The molecular formula is C20H38NO+. The Morgan fingerprint density at radius 1 is 0.909 bits per heavy atom. The van der Waals surface area contributed by atoms with Gasteiger partial charge in [0.1, 0.15) is 0 Å². The SMILES string of the molecule is CC[N+](CC)(CC)CCCCCCOCC1C[C@@H]2C=C[C@H]1C2. The first-order chi connectivity index (χ1) is 10.7. The minimum atomic E-state index is 0.826. The van der Waals surface area contributed by atoms with Crippen LogP contribution in [-0.4, -0.2) is 43.9 Å². The maximum Gasteiger partial charge on any atom is 0.0786 e. The molecule has 0 amide bonds. The first-order valence-corrected chi connectivity index (χ1v) is 9.84. The predicted molar refractivity (Wildman–Crippen MR) is 94.9 cm³/mol. The van der Waals surface area contributed by atoms with Gasteiger partial charge in [-0.1, -0.05) is 18.6 Å². The molecule has 0 aromatic rings. The standard InChI is InChI=1S/C20H38NO/c1-4-21(5-2,6-3)13-9-7-8-10-14-22-17-20-16-18-11-12-19(20)15-18/h11-12,18-20H,4-10,13-17H2,1-3H3/q+1/t18-,19+,20?/m1/s1. The lowest BCUT2D eigenvalue weighted by Gasteiger charge is -2.35. The largest absolute Gasteiger partial charge is 0.381 e. The highest BCUT2D eigenvalue weighted by molar-refractivity contribution is 5.09. The highest BCUT2D eigenvalue weighted by atomic mass is 16.5. The van der Waals surface area contributed by atoms with E-state index in [1.54, 1.807) is 0 Å². The fourth-order valence-corrected chi connectivity index (χ4v) is 4.47. The summed E-state index contributed by atoms with van der Waals surface area (Å²) in [7, 11) is 0. The van der Waals surface area contributed by atoms with Crippen LogP contribution in [0.1, 0.15) is 59.3 Å². The third-order valence-corrected chi connectivity index (χ3v) is 6.43. The Kier molecular flexibility index (Phi) is 7.43. The molecule has 3 atom stereocenters. The number of fused-ring (bicyclic) bond motifs is 2. The van der Waals surface area contributed by atoms with Gasteiger partial charge in [-0.3, -0.25) is 0 Å². The van der Waals surface area contributed by atoms with Crippen molar-refractivity contribution in [1.29, 1.82) is 0 Å². The van der Waals surface area contributed by atoms with Gasteiger partial charge < -0.3 is 9.22 Å². The molecule has 2 heteroatoms. The van der Waals surface area contributed by atoms with Crippen LogP contribution in [0.15, 0.2) is 12.2 Å². The number of unbranched alkanes of at least 4 members (excludes halogenated alkanes) is 3. The van der Waals surface area contributed by atoms with Gasteiger partial charge in [0.15, 0.2) is 0 Å². The van der Waals surface area contributed by atoms with Gasteiger partial charge in [0, 0.05) is 13.2 Å². The van der Waals surface area contributed by atoms with Crippen molar-refractivity contribution in [2.75, 3.05) is 39.4 Å². The normalized spacial score (nSPS) is 27.0. The van der Waals surface area contributed by atoms with Crippen LogP contribution >= 0.6 is 0 Å². The number of ether oxygens (including phenoxy) is 1. The van der Waals surface area contributed by atoms with Gasteiger partial charge in [-0.15, -0.1) is 0 Å². The van der Waals surface area contributed by atoms with Crippen molar-refractivity contribution in [3.8, 4) is 0 Å². The lowest BCUT2D eigenvalue weighted by atomic mass is 9.95. The Bertz CT molecular complexity index is 326. The van der Waals surface area contributed by atoms with Crippen molar-refractivity contribution in [2.45, 2.75) is 59.3 Å². The van der Waals surface area contributed by atoms with Crippen molar-refractivity contribution in [2.24, 2.45) is 17.8 Å². The highest BCUT2D eigenvalue weighted by Gasteiger charge is 2.35. The predicted octanol–water partition coefficient (Wildman–Crippen LogP) is 4.65. The minimum absolute atomic E-state index is 0.826. The van der Waals surface area contributed by atoms with Gasteiger partial charge in [-0.25, -0.2) is 0 Å². The van der Waals surface area contributed by atoms with Crippen LogP contribution in [0.5, 0.6) is 0 Å². The molecular weight excluding hydrogens is 270 g/mol. The molecule has 0 aromatic heterocycles. The van der Waals surface area contributed by atoms with Gasteiger partial charge in [0.2, 0.25) is 0 Å². The molecule has 1 fully saturated rings. The second-order valence-corrected chi connectivity index (χ2v) is 7.54. The number of hydrogen-bond donors (Lipinski definition) is 0. The zero-order valence-corrected chi connectivity index (χ0v) is 15.2. The molecule has 2 rings (SSSR count). The fourth-order valence-electron chi connectivity index (χ4n) is 4.47. The summed E-state index contributed by atoms with van der Waals surface area (Å²) in [6.45, 7) is 14.2. The van der Waals surface area contributed by atoms with E-state index in [4.69, 9.17) is 4.74 Å². The molecule has 128 valence electrons. The highest BCUT2D eigenvalue weighted by Crippen LogP contribution is 2.43. The first-order valence-electron chi connectivity index (χ1n) is 9.84. The Hall–Kier alpha value is -0.340. The van der Waals surface area contributed by atoms with Crippen LogP contribution in [0.3, 0.4) is 0 Å². The van der Waals surface area contributed by atoms with E-state index in [9.17, 15) is 0 Å². The van der Waals surface area contributed by atoms with Crippen molar-refractivity contribution >= 4 is 0 Å². The molecule has 22 heavy (non-hydrogen) atoms. The zero-order chi connectivity index (χ0) is 15.8. The number of nitrogens with zero attached hydrogens (tertiary/aromatic N) is 1. The van der Waals surface area contributed by atoms with Crippen LogP contribution in [-0.2, 0) is 4.74 Å². The molecule has 0 spiro atoms. The number of allylic oxidation sites excluding steroid dienone is 2. The maximum atomic E-state index is 5.94. The summed E-state index contributed by atoms with van der Waals surface area (Å²) in [6, 6.07) is 0. The summed E-state index contributed by atoms with van der Waals surface area (Å²) in [5, 5.41) is 0. The monoisotopic (exact) mass is 308 g/mol. The second-order valence-electron chi connectivity index (χ2n) is 7.54. The van der Waals surface area contributed by atoms with Gasteiger partial charge in [-0.2, -0.15) is 0 Å². The maximum absolute atomic E-state index is 5.94. The van der Waals surface area contributed by atoms with E-state index in [0.29, 0.717) is 0 Å². The lowest BCUT2D eigenvalue weighted by Crippen LogP contribution is -2.48. The van der Waals surface area contributed by atoms with E-state index in [-0.39, 0.29) is 0 Å². The number of quaternary nitrogens is 1. The lowest BCUT2D eigenvalue weighted by molar-refractivity contribution is -0.923. The quantitative estimate of drug-likeness (QED) is 0.290. The van der Waals surface area contributed by atoms with Crippen LogP contribution in [0.2, 0.25) is 0 Å². The molecule has 0 radical (unpaired) electrons. The summed E-state index contributed by atoms with van der Waals surface area (Å²) in [4.78, 5) is 0. The minimum Gasteiger partial charge on any atom is -0.381 e. The molecule has 0 saturated heterocycles. The Labute approximate surface area is 138 Å². The van der Waals surface area contributed by atoms with E-state index in [1.165, 1.54) is 69.2 Å². The van der Waals surface area contributed by atoms with Crippen molar-refractivity contribution in [3.05, 3.63) is 12.2 Å². The Morgan fingerprint density at radius 3 is 2.23 bits per heavy atom. The van der Waals surface area contributed by atoms with Crippen LogP contribution in [0, 0.1) is 17.8 Å². The fraction of sp³-hybridized carbons (Fsp3) is 0.900. The molecule has 0 aromatic carbocycles. The van der Waals surface area contributed by atoms with Gasteiger partial charge in [0.05, 0.1) is 26.2 Å². The number of hydrogen-bond acceptors (Lipinski definition) is 1. The van der Waals surface area contributed by atoms with Crippen LogP contribution in [0.4, 0.5) is 0 Å². The molecule has 2 aliphatic carbocycles.